The van der Waals surface area contributed by atoms with Gasteiger partial charge in [-0.2, -0.15) is 0 Å². The fraction of sp³-hybridized carbons (Fsp3) is 0.381. The Morgan fingerprint density at radius 2 is 1.85 bits per heavy atom. The van der Waals surface area contributed by atoms with Crippen molar-refractivity contribution in [1.29, 1.82) is 0 Å². The zero-order chi connectivity index (χ0) is 19.9. The Bertz CT molecular complexity index is 760. The third kappa shape index (κ3) is 5.96. The summed E-state index contributed by atoms with van der Waals surface area (Å²) in [5.41, 5.74) is 1.13. The highest BCUT2D eigenvalue weighted by Gasteiger charge is 2.22. The second kappa shape index (κ2) is 9.37. The van der Waals surface area contributed by atoms with E-state index in [1.54, 1.807) is 17.9 Å². The Morgan fingerprint density at radius 3 is 2.44 bits per heavy atom. The molecule has 1 unspecified atom stereocenters. The van der Waals surface area contributed by atoms with Gasteiger partial charge in [0.25, 0.3) is 0 Å². The highest BCUT2D eigenvalue weighted by atomic mass is 19.1. The van der Waals surface area contributed by atoms with Crippen LogP contribution in [-0.2, 0) is 12.1 Å². The van der Waals surface area contributed by atoms with Gasteiger partial charge < -0.3 is 20.6 Å². The van der Waals surface area contributed by atoms with E-state index in [0.717, 1.165) is 11.1 Å². The van der Waals surface area contributed by atoms with Gasteiger partial charge in [-0.25, -0.2) is 9.38 Å². The molecule has 0 bridgehead atoms. The number of nitrogens with one attached hydrogen (secondary N) is 2. The minimum absolute atomic E-state index is 0.266. The van der Waals surface area contributed by atoms with Crippen LogP contribution >= 0.6 is 0 Å². The van der Waals surface area contributed by atoms with Gasteiger partial charge in [0.05, 0.1) is 18.8 Å². The summed E-state index contributed by atoms with van der Waals surface area (Å²) in [7, 11) is 3.62. The quantitative estimate of drug-likeness (QED) is 0.517. The van der Waals surface area contributed by atoms with Crippen LogP contribution in [0.2, 0.25) is 0 Å². The smallest absolute Gasteiger partial charge is 0.191 e. The van der Waals surface area contributed by atoms with Crippen molar-refractivity contribution >= 4 is 11.6 Å². The Balaban J connectivity index is 2.05. The molecule has 0 saturated heterocycles. The first-order valence-electron chi connectivity index (χ1n) is 9.09. The number of hydrogen-bond donors (Lipinski definition) is 3. The van der Waals surface area contributed by atoms with E-state index in [2.05, 4.69) is 15.6 Å². The molecule has 0 aliphatic carbocycles. The van der Waals surface area contributed by atoms with Crippen molar-refractivity contribution in [1.82, 2.24) is 10.6 Å². The van der Waals surface area contributed by atoms with Crippen molar-refractivity contribution in [3.8, 4) is 0 Å². The fourth-order valence-corrected chi connectivity index (χ4v) is 2.68. The molecule has 0 amide bonds. The van der Waals surface area contributed by atoms with E-state index in [1.807, 2.05) is 57.4 Å². The zero-order valence-electron chi connectivity index (χ0n) is 16.5. The highest BCUT2D eigenvalue weighted by molar-refractivity contribution is 5.79. The SMILES string of the molecule is CCNC(=NCc1ccc(N(C)C)c(F)c1)NCC(C)(O)c1ccccc1. The van der Waals surface area contributed by atoms with E-state index in [9.17, 15) is 9.50 Å². The molecule has 0 aliphatic heterocycles. The molecule has 6 heteroatoms. The number of aliphatic imine (C=N–C) groups is 1. The van der Waals surface area contributed by atoms with Crippen LogP contribution < -0.4 is 15.5 Å². The second-order valence-electron chi connectivity index (χ2n) is 6.87. The lowest BCUT2D eigenvalue weighted by molar-refractivity contribution is 0.0617. The molecule has 2 rings (SSSR count). The lowest BCUT2D eigenvalue weighted by Gasteiger charge is -2.25. The molecule has 2 aromatic rings. The summed E-state index contributed by atoms with van der Waals surface area (Å²) in [4.78, 5) is 6.23. The van der Waals surface area contributed by atoms with Crippen molar-refractivity contribution in [2.45, 2.75) is 26.0 Å². The Hall–Kier alpha value is -2.60. The maximum absolute atomic E-state index is 14.1. The van der Waals surface area contributed by atoms with E-state index >= 15 is 0 Å². The Labute approximate surface area is 160 Å². The molecular formula is C21H29FN4O. The van der Waals surface area contributed by atoms with E-state index in [0.29, 0.717) is 31.3 Å². The fourth-order valence-electron chi connectivity index (χ4n) is 2.68. The average molecular weight is 372 g/mol. The summed E-state index contributed by atoms with van der Waals surface area (Å²) < 4.78 is 14.1. The van der Waals surface area contributed by atoms with Crippen molar-refractivity contribution in [2.75, 3.05) is 32.1 Å². The third-order valence-corrected chi connectivity index (χ3v) is 4.25. The summed E-state index contributed by atoms with van der Waals surface area (Å²) >= 11 is 0. The molecule has 5 nitrogen and oxygen atoms in total. The molecule has 0 saturated carbocycles. The van der Waals surface area contributed by atoms with Crippen LogP contribution in [0.1, 0.15) is 25.0 Å². The predicted octanol–water partition coefficient (Wildman–Crippen LogP) is 2.85. The van der Waals surface area contributed by atoms with Gasteiger partial charge in [-0.1, -0.05) is 36.4 Å². The van der Waals surface area contributed by atoms with Gasteiger partial charge in [-0.3, -0.25) is 0 Å². The average Bonchev–Trinajstić information content (AvgIpc) is 2.64. The van der Waals surface area contributed by atoms with E-state index < -0.39 is 5.60 Å². The monoisotopic (exact) mass is 372 g/mol. The topological polar surface area (TPSA) is 59.9 Å². The molecule has 0 heterocycles. The van der Waals surface area contributed by atoms with Crippen LogP contribution in [0.4, 0.5) is 10.1 Å². The molecule has 0 spiro atoms. The summed E-state index contributed by atoms with van der Waals surface area (Å²) in [5, 5.41) is 17.0. The summed E-state index contributed by atoms with van der Waals surface area (Å²) in [6.45, 7) is 5.06. The number of aliphatic hydroxyl groups is 1. The molecule has 0 aliphatic rings. The lowest BCUT2D eigenvalue weighted by Crippen LogP contribution is -2.44. The molecule has 2 aromatic carbocycles. The molecule has 0 aromatic heterocycles. The molecule has 0 fully saturated rings. The van der Waals surface area contributed by atoms with Crippen LogP contribution in [0.15, 0.2) is 53.5 Å². The van der Waals surface area contributed by atoms with Gasteiger partial charge in [0, 0.05) is 20.6 Å². The first kappa shape index (κ1) is 20.7. The molecule has 0 radical (unpaired) electrons. The first-order valence-corrected chi connectivity index (χ1v) is 9.09. The minimum atomic E-state index is -1.03. The van der Waals surface area contributed by atoms with Gasteiger partial charge in [0.15, 0.2) is 5.96 Å². The van der Waals surface area contributed by atoms with Gasteiger partial charge in [0.1, 0.15) is 11.4 Å². The number of halogens is 1. The van der Waals surface area contributed by atoms with Gasteiger partial charge in [-0.05, 0) is 37.1 Å². The molecule has 27 heavy (non-hydrogen) atoms. The van der Waals surface area contributed by atoms with Crippen LogP contribution in [-0.4, -0.2) is 38.3 Å². The predicted molar refractivity (Wildman–Crippen MR) is 110 cm³/mol. The molecular weight excluding hydrogens is 343 g/mol. The second-order valence-corrected chi connectivity index (χ2v) is 6.87. The number of nitrogens with zero attached hydrogens (tertiary/aromatic N) is 2. The van der Waals surface area contributed by atoms with Gasteiger partial charge in [-0.15, -0.1) is 0 Å². The van der Waals surface area contributed by atoms with Crippen LogP contribution in [0.25, 0.3) is 0 Å². The van der Waals surface area contributed by atoms with Crippen molar-refractivity contribution in [3.63, 3.8) is 0 Å². The summed E-state index contributed by atoms with van der Waals surface area (Å²) in [6.07, 6.45) is 0. The highest BCUT2D eigenvalue weighted by Crippen LogP contribution is 2.20. The van der Waals surface area contributed by atoms with Crippen LogP contribution in [0, 0.1) is 5.82 Å². The van der Waals surface area contributed by atoms with Crippen LogP contribution in [0.5, 0.6) is 0 Å². The number of hydrogen-bond acceptors (Lipinski definition) is 3. The molecule has 3 N–H and O–H groups in total. The van der Waals surface area contributed by atoms with Crippen LogP contribution in [0.3, 0.4) is 0 Å². The number of rotatable bonds is 7. The number of benzene rings is 2. The van der Waals surface area contributed by atoms with Crippen molar-refractivity contribution < 1.29 is 9.50 Å². The van der Waals surface area contributed by atoms with E-state index in [4.69, 9.17) is 0 Å². The number of guanidine groups is 1. The maximum atomic E-state index is 14.1. The normalized spacial score (nSPS) is 13.8. The van der Waals surface area contributed by atoms with E-state index in [-0.39, 0.29) is 5.82 Å². The van der Waals surface area contributed by atoms with Crippen molar-refractivity contribution in [2.24, 2.45) is 4.99 Å². The zero-order valence-corrected chi connectivity index (χ0v) is 16.5. The standard InChI is InChI=1S/C21H29FN4O/c1-5-23-20(25-15-21(2,27)17-9-7-6-8-10-17)24-14-16-11-12-19(26(3)4)18(22)13-16/h6-13,27H,5,14-15H2,1-4H3,(H2,23,24,25). The lowest BCUT2D eigenvalue weighted by atomic mass is 9.96. The minimum Gasteiger partial charge on any atom is -0.384 e. The van der Waals surface area contributed by atoms with Crippen molar-refractivity contribution in [3.05, 3.63) is 65.5 Å². The molecule has 146 valence electrons. The van der Waals surface area contributed by atoms with Gasteiger partial charge >= 0.3 is 0 Å². The third-order valence-electron chi connectivity index (χ3n) is 4.25. The largest absolute Gasteiger partial charge is 0.384 e. The Morgan fingerprint density at radius 1 is 1.15 bits per heavy atom. The van der Waals surface area contributed by atoms with Gasteiger partial charge in [0.2, 0.25) is 0 Å². The number of anilines is 1. The summed E-state index contributed by atoms with van der Waals surface area (Å²) in [5.74, 6) is 0.309. The van der Waals surface area contributed by atoms with E-state index in [1.165, 1.54) is 6.07 Å². The first-order chi connectivity index (χ1) is 12.8. The molecule has 1 atom stereocenters. The summed E-state index contributed by atoms with van der Waals surface area (Å²) in [6, 6.07) is 14.6. The maximum Gasteiger partial charge on any atom is 0.191 e. The Kier molecular flexibility index (Phi) is 7.19.